The Balaban J connectivity index is 1.83. The Bertz CT molecular complexity index is 1340. The Kier molecular flexibility index (Phi) is 5.69. The maximum absolute atomic E-state index is 14.1. The summed E-state index contributed by atoms with van der Waals surface area (Å²) in [4.78, 5) is 0.114. The fourth-order valence-corrected chi connectivity index (χ4v) is 5.02. The summed E-state index contributed by atoms with van der Waals surface area (Å²) in [5.41, 5.74) is 0.266. The fourth-order valence-electron chi connectivity index (χ4n) is 3.14. The number of hydrogen-bond acceptors (Lipinski definition) is 3. The van der Waals surface area contributed by atoms with Crippen molar-refractivity contribution in [3.05, 3.63) is 100 Å². The van der Waals surface area contributed by atoms with Gasteiger partial charge in [0.1, 0.15) is 23.1 Å². The summed E-state index contributed by atoms with van der Waals surface area (Å²) in [6, 6.07) is 20.6. The first-order valence-corrected chi connectivity index (χ1v) is 11.2. The molecular weight excluding hydrogens is 446 g/mol. The number of halogens is 3. The van der Waals surface area contributed by atoms with E-state index in [1.807, 2.05) is 12.1 Å². The molecule has 0 saturated heterocycles. The molecule has 4 rings (SSSR count). The lowest BCUT2D eigenvalue weighted by Gasteiger charge is -2.15. The average Bonchev–Trinajstić information content (AvgIpc) is 2.73. The van der Waals surface area contributed by atoms with E-state index in [4.69, 9.17) is 27.9 Å². The zero-order valence-corrected chi connectivity index (χ0v) is 17.8. The van der Waals surface area contributed by atoms with Crippen molar-refractivity contribution in [1.82, 2.24) is 0 Å². The number of rotatable bonds is 5. The van der Waals surface area contributed by atoms with Crippen LogP contribution >= 0.6 is 23.2 Å². The molecule has 0 radical (unpaired) electrons. The van der Waals surface area contributed by atoms with Crippen molar-refractivity contribution in [3.8, 4) is 5.75 Å². The normalized spacial score (nSPS) is 11.6. The number of benzene rings is 4. The first-order valence-electron chi connectivity index (χ1n) is 8.95. The predicted molar refractivity (Wildman–Crippen MR) is 117 cm³/mol. The molecular formula is C23H15Cl2FO3S. The molecule has 0 aliphatic heterocycles. The van der Waals surface area contributed by atoms with Crippen molar-refractivity contribution in [1.29, 1.82) is 0 Å². The van der Waals surface area contributed by atoms with Gasteiger partial charge < -0.3 is 4.74 Å². The molecule has 0 saturated carbocycles. The van der Waals surface area contributed by atoms with Gasteiger partial charge in [0.25, 0.3) is 0 Å². The lowest BCUT2D eigenvalue weighted by Crippen LogP contribution is -2.07. The standard InChI is InChI=1S/C23H15Cl2FO3S/c24-17-8-10-19(11-9-17)30(27,28)23-20-4-2-1-3-15(20)6-12-22(23)29-14-16-5-7-18(25)13-21(16)26/h1-13H,14H2. The average molecular weight is 461 g/mol. The highest BCUT2D eigenvalue weighted by Crippen LogP contribution is 2.37. The fraction of sp³-hybridized carbons (Fsp3) is 0.0435. The summed E-state index contributed by atoms with van der Waals surface area (Å²) in [5.74, 6) is -0.386. The van der Waals surface area contributed by atoms with Gasteiger partial charge in [0.15, 0.2) is 0 Å². The molecule has 4 aromatic rings. The van der Waals surface area contributed by atoms with E-state index >= 15 is 0 Å². The van der Waals surface area contributed by atoms with Crippen molar-refractivity contribution in [2.24, 2.45) is 0 Å². The minimum Gasteiger partial charge on any atom is -0.487 e. The van der Waals surface area contributed by atoms with Crippen LogP contribution in [0.4, 0.5) is 4.39 Å². The van der Waals surface area contributed by atoms with Gasteiger partial charge in [-0.15, -0.1) is 0 Å². The largest absolute Gasteiger partial charge is 0.487 e. The molecule has 0 bridgehead atoms. The molecule has 0 heterocycles. The molecule has 0 aromatic heterocycles. The minimum atomic E-state index is -3.93. The maximum Gasteiger partial charge on any atom is 0.210 e. The van der Waals surface area contributed by atoms with Gasteiger partial charge in [-0.25, -0.2) is 12.8 Å². The molecule has 7 heteroatoms. The third-order valence-electron chi connectivity index (χ3n) is 4.63. The lowest BCUT2D eigenvalue weighted by atomic mass is 10.1. The molecule has 0 unspecified atom stereocenters. The highest BCUT2D eigenvalue weighted by atomic mass is 35.5. The number of sulfone groups is 1. The van der Waals surface area contributed by atoms with E-state index in [2.05, 4.69) is 0 Å². The monoisotopic (exact) mass is 460 g/mol. The third-order valence-corrected chi connectivity index (χ3v) is 6.97. The molecule has 4 aromatic carbocycles. The van der Waals surface area contributed by atoms with Gasteiger partial charge in [0.2, 0.25) is 9.84 Å². The summed E-state index contributed by atoms with van der Waals surface area (Å²) in [6.07, 6.45) is 0. The number of ether oxygens (including phenoxy) is 1. The molecule has 0 aliphatic carbocycles. The lowest BCUT2D eigenvalue weighted by molar-refractivity contribution is 0.293. The quantitative estimate of drug-likeness (QED) is 0.332. The van der Waals surface area contributed by atoms with Gasteiger partial charge in [0, 0.05) is 21.0 Å². The van der Waals surface area contributed by atoms with Crippen LogP contribution in [-0.2, 0) is 16.4 Å². The number of hydrogen-bond donors (Lipinski definition) is 0. The first kappa shape index (κ1) is 20.7. The summed E-state index contributed by atoms with van der Waals surface area (Å²) in [7, 11) is -3.93. The summed E-state index contributed by atoms with van der Waals surface area (Å²) in [6.45, 7) is -0.148. The third kappa shape index (κ3) is 4.01. The van der Waals surface area contributed by atoms with Gasteiger partial charge in [-0.3, -0.25) is 0 Å². The van der Waals surface area contributed by atoms with Crippen molar-refractivity contribution in [3.63, 3.8) is 0 Å². The Morgan fingerprint density at radius 1 is 0.833 bits per heavy atom. The maximum atomic E-state index is 14.1. The summed E-state index contributed by atoms with van der Waals surface area (Å²) in [5, 5.41) is 1.96. The highest BCUT2D eigenvalue weighted by molar-refractivity contribution is 7.91. The SMILES string of the molecule is O=S(=O)(c1ccc(Cl)cc1)c1c(OCc2ccc(Cl)cc2F)ccc2ccccc12. The Morgan fingerprint density at radius 2 is 1.53 bits per heavy atom. The molecule has 0 fully saturated rings. The highest BCUT2D eigenvalue weighted by Gasteiger charge is 2.25. The van der Waals surface area contributed by atoms with Crippen molar-refractivity contribution >= 4 is 43.8 Å². The molecule has 0 aliphatic rings. The summed E-state index contributed by atoms with van der Waals surface area (Å²) >= 11 is 11.7. The van der Waals surface area contributed by atoms with E-state index in [9.17, 15) is 12.8 Å². The van der Waals surface area contributed by atoms with E-state index in [1.165, 1.54) is 36.4 Å². The molecule has 0 N–H and O–H groups in total. The molecule has 3 nitrogen and oxygen atoms in total. The zero-order chi connectivity index (χ0) is 21.3. The van der Waals surface area contributed by atoms with Crippen LogP contribution in [0.15, 0.2) is 88.7 Å². The van der Waals surface area contributed by atoms with Crippen LogP contribution in [0.5, 0.6) is 5.75 Å². The van der Waals surface area contributed by atoms with Crippen molar-refractivity contribution in [2.45, 2.75) is 16.4 Å². The van der Waals surface area contributed by atoms with Gasteiger partial charge in [0.05, 0.1) is 4.90 Å². The van der Waals surface area contributed by atoms with Crippen molar-refractivity contribution < 1.29 is 17.5 Å². The van der Waals surface area contributed by atoms with E-state index in [-0.39, 0.29) is 32.7 Å². The number of fused-ring (bicyclic) bond motifs is 1. The minimum absolute atomic E-state index is 0.0253. The predicted octanol–water partition coefficient (Wildman–Crippen LogP) is 6.70. The Morgan fingerprint density at radius 3 is 2.27 bits per heavy atom. The topological polar surface area (TPSA) is 43.4 Å². The van der Waals surface area contributed by atoms with Crippen LogP contribution in [0.3, 0.4) is 0 Å². The second-order valence-electron chi connectivity index (χ2n) is 6.60. The van der Waals surface area contributed by atoms with Crippen LogP contribution in [-0.4, -0.2) is 8.42 Å². The molecule has 0 atom stereocenters. The van der Waals surface area contributed by atoms with Crippen LogP contribution in [0.25, 0.3) is 10.8 Å². The van der Waals surface area contributed by atoms with Gasteiger partial charge in [-0.2, -0.15) is 0 Å². The van der Waals surface area contributed by atoms with Crippen LogP contribution in [0, 0.1) is 5.82 Å². The van der Waals surface area contributed by atoms with Crippen LogP contribution < -0.4 is 4.74 Å². The first-order chi connectivity index (χ1) is 14.4. The molecule has 0 amide bonds. The van der Waals surface area contributed by atoms with Gasteiger partial charge in [-0.05, 0) is 47.9 Å². The van der Waals surface area contributed by atoms with E-state index in [0.29, 0.717) is 10.4 Å². The van der Waals surface area contributed by atoms with E-state index in [0.717, 1.165) is 5.39 Å². The molecule has 152 valence electrons. The Hall–Kier alpha value is -2.60. The molecule has 30 heavy (non-hydrogen) atoms. The van der Waals surface area contributed by atoms with Gasteiger partial charge in [-0.1, -0.05) is 59.6 Å². The Labute approximate surface area is 183 Å². The van der Waals surface area contributed by atoms with E-state index in [1.54, 1.807) is 30.3 Å². The summed E-state index contributed by atoms with van der Waals surface area (Å²) < 4.78 is 46.9. The van der Waals surface area contributed by atoms with Crippen LogP contribution in [0.2, 0.25) is 10.0 Å². The zero-order valence-electron chi connectivity index (χ0n) is 15.5. The van der Waals surface area contributed by atoms with Gasteiger partial charge >= 0.3 is 0 Å². The van der Waals surface area contributed by atoms with Crippen LogP contribution in [0.1, 0.15) is 5.56 Å². The second kappa shape index (κ2) is 8.26. The second-order valence-corrected chi connectivity index (χ2v) is 9.36. The van der Waals surface area contributed by atoms with Crippen molar-refractivity contribution in [2.75, 3.05) is 0 Å². The van der Waals surface area contributed by atoms with E-state index < -0.39 is 15.7 Å². The smallest absolute Gasteiger partial charge is 0.210 e. The molecule has 0 spiro atoms.